The number of halogens is 1. The van der Waals surface area contributed by atoms with Gasteiger partial charge in [-0.2, -0.15) is 5.10 Å². The molecule has 0 aromatic heterocycles. The van der Waals surface area contributed by atoms with Crippen LogP contribution in [0.15, 0.2) is 90.0 Å². The van der Waals surface area contributed by atoms with Gasteiger partial charge >= 0.3 is 0 Å². The molecule has 3 aromatic rings. The van der Waals surface area contributed by atoms with Gasteiger partial charge in [0.1, 0.15) is 0 Å². The molecule has 0 aliphatic rings. The van der Waals surface area contributed by atoms with Gasteiger partial charge in [-0.25, -0.2) is 5.43 Å². The molecule has 0 unspecified atom stereocenters. The van der Waals surface area contributed by atoms with Gasteiger partial charge in [0.2, 0.25) is 0 Å². The predicted molar refractivity (Wildman–Crippen MR) is 111 cm³/mol. The van der Waals surface area contributed by atoms with Crippen LogP contribution >= 0.6 is 22.6 Å². The quantitative estimate of drug-likeness (QED) is 0.350. The van der Waals surface area contributed by atoms with Crippen molar-refractivity contribution in [2.75, 3.05) is 0 Å². The number of rotatable bonds is 5. The number of benzene rings is 3. The van der Waals surface area contributed by atoms with Crippen molar-refractivity contribution < 1.29 is 9.90 Å². The van der Waals surface area contributed by atoms with Crippen molar-refractivity contribution in [2.24, 2.45) is 5.10 Å². The van der Waals surface area contributed by atoms with Gasteiger partial charge in [-0.3, -0.25) is 4.79 Å². The first kappa shape index (κ1) is 18.3. The summed E-state index contributed by atoms with van der Waals surface area (Å²) in [4.78, 5) is 12.9. The van der Waals surface area contributed by atoms with Crippen LogP contribution in [0.3, 0.4) is 0 Å². The minimum atomic E-state index is -1.83. The van der Waals surface area contributed by atoms with Crippen LogP contribution in [-0.4, -0.2) is 17.2 Å². The standard InChI is InChI=1S/C21H17IN2O2/c22-19-14-8-7-9-16(19)15-23-24-20(25)21(26,17-10-3-1-4-11-17)18-12-5-2-6-13-18/h1-15,26H,(H,24,25)/b23-15+. The second-order valence-corrected chi connectivity index (χ2v) is 6.83. The molecular weight excluding hydrogens is 439 g/mol. The van der Waals surface area contributed by atoms with Crippen LogP contribution in [0.25, 0.3) is 0 Å². The van der Waals surface area contributed by atoms with E-state index in [-0.39, 0.29) is 0 Å². The summed E-state index contributed by atoms with van der Waals surface area (Å²) < 4.78 is 1.02. The lowest BCUT2D eigenvalue weighted by atomic mass is 9.85. The number of nitrogens with zero attached hydrogens (tertiary/aromatic N) is 1. The number of hydrogen-bond acceptors (Lipinski definition) is 3. The summed E-state index contributed by atoms with van der Waals surface area (Å²) in [6, 6.07) is 25.4. The number of amides is 1. The van der Waals surface area contributed by atoms with E-state index in [2.05, 4.69) is 33.1 Å². The van der Waals surface area contributed by atoms with Crippen LogP contribution in [0.2, 0.25) is 0 Å². The smallest absolute Gasteiger partial charge is 0.281 e. The van der Waals surface area contributed by atoms with E-state index in [1.807, 2.05) is 36.4 Å². The Labute approximate surface area is 165 Å². The van der Waals surface area contributed by atoms with E-state index >= 15 is 0 Å². The zero-order valence-corrected chi connectivity index (χ0v) is 16.0. The zero-order valence-electron chi connectivity index (χ0n) is 13.8. The largest absolute Gasteiger partial charge is 0.372 e. The topological polar surface area (TPSA) is 61.7 Å². The summed E-state index contributed by atoms with van der Waals surface area (Å²) in [6.07, 6.45) is 1.57. The highest BCUT2D eigenvalue weighted by Crippen LogP contribution is 2.29. The fourth-order valence-corrected chi connectivity index (χ4v) is 3.14. The molecule has 0 saturated heterocycles. The summed E-state index contributed by atoms with van der Waals surface area (Å²) in [5.74, 6) is -0.614. The van der Waals surface area contributed by atoms with Gasteiger partial charge in [-0.15, -0.1) is 0 Å². The molecule has 0 fully saturated rings. The van der Waals surface area contributed by atoms with Gasteiger partial charge in [0, 0.05) is 9.13 Å². The summed E-state index contributed by atoms with van der Waals surface area (Å²) in [5, 5.41) is 15.3. The number of carbonyl (C=O) groups is 1. The lowest BCUT2D eigenvalue weighted by Crippen LogP contribution is -2.43. The molecule has 0 heterocycles. The van der Waals surface area contributed by atoms with Crippen LogP contribution in [0.5, 0.6) is 0 Å². The SMILES string of the molecule is O=C(N/N=C/c1ccccc1I)C(O)(c1ccccc1)c1ccccc1. The summed E-state index contributed by atoms with van der Waals surface area (Å²) in [7, 11) is 0. The Kier molecular flexibility index (Phi) is 5.80. The van der Waals surface area contributed by atoms with E-state index in [0.29, 0.717) is 11.1 Å². The van der Waals surface area contributed by atoms with Crippen LogP contribution in [0.1, 0.15) is 16.7 Å². The van der Waals surface area contributed by atoms with Gasteiger partial charge in [0.05, 0.1) is 6.21 Å². The molecule has 3 aromatic carbocycles. The average molecular weight is 456 g/mol. The molecule has 0 aliphatic heterocycles. The molecule has 4 nitrogen and oxygen atoms in total. The molecule has 0 saturated carbocycles. The molecule has 2 N–H and O–H groups in total. The molecule has 26 heavy (non-hydrogen) atoms. The van der Waals surface area contributed by atoms with Gasteiger partial charge in [-0.1, -0.05) is 78.9 Å². The Morgan fingerprint density at radius 2 is 1.38 bits per heavy atom. The third kappa shape index (κ3) is 3.84. The highest BCUT2D eigenvalue weighted by molar-refractivity contribution is 14.1. The van der Waals surface area contributed by atoms with Crippen LogP contribution in [-0.2, 0) is 10.4 Å². The molecule has 0 spiro atoms. The van der Waals surface area contributed by atoms with Gasteiger partial charge in [0.25, 0.3) is 5.91 Å². The van der Waals surface area contributed by atoms with E-state index in [1.54, 1.807) is 54.7 Å². The number of aliphatic hydroxyl groups is 1. The Bertz CT molecular complexity index is 872. The lowest BCUT2D eigenvalue weighted by molar-refractivity contribution is -0.136. The minimum Gasteiger partial charge on any atom is -0.372 e. The lowest BCUT2D eigenvalue weighted by Gasteiger charge is -2.27. The molecule has 0 atom stereocenters. The first-order valence-electron chi connectivity index (χ1n) is 8.04. The average Bonchev–Trinajstić information content (AvgIpc) is 2.70. The maximum absolute atomic E-state index is 12.9. The van der Waals surface area contributed by atoms with E-state index in [0.717, 1.165) is 9.13 Å². The summed E-state index contributed by atoms with van der Waals surface area (Å²) in [6.45, 7) is 0. The van der Waals surface area contributed by atoms with Crippen LogP contribution < -0.4 is 5.43 Å². The van der Waals surface area contributed by atoms with Crippen molar-refractivity contribution in [3.05, 3.63) is 105 Å². The van der Waals surface area contributed by atoms with Crippen molar-refractivity contribution in [3.63, 3.8) is 0 Å². The van der Waals surface area contributed by atoms with Crippen LogP contribution in [0.4, 0.5) is 0 Å². The molecule has 0 aliphatic carbocycles. The Morgan fingerprint density at radius 3 is 1.92 bits per heavy atom. The predicted octanol–water partition coefficient (Wildman–Crippen LogP) is 3.68. The Hall–Kier alpha value is -2.51. The van der Waals surface area contributed by atoms with Crippen LogP contribution in [0, 0.1) is 3.57 Å². The molecule has 0 radical (unpaired) electrons. The monoisotopic (exact) mass is 456 g/mol. The van der Waals surface area contributed by atoms with Crippen molar-refractivity contribution in [1.82, 2.24) is 5.43 Å². The normalized spacial score (nSPS) is 11.5. The molecular formula is C21H17IN2O2. The third-order valence-corrected chi connectivity index (χ3v) is 4.97. The Morgan fingerprint density at radius 1 is 0.885 bits per heavy atom. The maximum Gasteiger partial charge on any atom is 0.281 e. The van der Waals surface area contributed by atoms with Crippen molar-refractivity contribution in [2.45, 2.75) is 5.60 Å². The van der Waals surface area contributed by atoms with E-state index < -0.39 is 11.5 Å². The van der Waals surface area contributed by atoms with Crippen molar-refractivity contribution in [1.29, 1.82) is 0 Å². The summed E-state index contributed by atoms with van der Waals surface area (Å²) >= 11 is 2.20. The fraction of sp³-hybridized carbons (Fsp3) is 0.0476. The third-order valence-electron chi connectivity index (χ3n) is 3.99. The van der Waals surface area contributed by atoms with E-state index in [9.17, 15) is 9.90 Å². The number of nitrogens with one attached hydrogen (secondary N) is 1. The molecule has 130 valence electrons. The van der Waals surface area contributed by atoms with Gasteiger partial charge in [-0.05, 0) is 39.8 Å². The van der Waals surface area contributed by atoms with E-state index in [4.69, 9.17) is 0 Å². The van der Waals surface area contributed by atoms with Crippen molar-refractivity contribution >= 4 is 34.7 Å². The maximum atomic E-state index is 12.9. The first-order valence-corrected chi connectivity index (χ1v) is 9.11. The van der Waals surface area contributed by atoms with E-state index in [1.165, 1.54) is 0 Å². The first-order chi connectivity index (χ1) is 12.6. The minimum absolute atomic E-state index is 0.480. The Balaban J connectivity index is 1.90. The number of hydrogen-bond donors (Lipinski definition) is 2. The second-order valence-electron chi connectivity index (χ2n) is 5.66. The number of carbonyl (C=O) groups excluding carboxylic acids is 1. The highest BCUT2D eigenvalue weighted by atomic mass is 127. The van der Waals surface area contributed by atoms with Gasteiger partial charge in [0.15, 0.2) is 5.60 Å². The molecule has 3 rings (SSSR count). The van der Waals surface area contributed by atoms with Gasteiger partial charge < -0.3 is 5.11 Å². The van der Waals surface area contributed by atoms with Crippen molar-refractivity contribution in [3.8, 4) is 0 Å². The zero-order chi connectivity index (χ0) is 18.4. The molecule has 1 amide bonds. The highest BCUT2D eigenvalue weighted by Gasteiger charge is 2.39. The second kappa shape index (κ2) is 8.25. The molecule has 0 bridgehead atoms. The summed E-state index contributed by atoms with van der Waals surface area (Å²) in [5.41, 5.74) is 2.49. The fourth-order valence-electron chi connectivity index (χ4n) is 2.61. The molecule has 5 heteroatoms. The number of hydrazone groups is 1.